The van der Waals surface area contributed by atoms with E-state index in [9.17, 15) is 14.0 Å². The van der Waals surface area contributed by atoms with Gasteiger partial charge in [-0.05, 0) is 62.9 Å². The highest BCUT2D eigenvalue weighted by atomic mass is 19.1. The molecule has 0 spiro atoms. The zero-order valence-corrected chi connectivity index (χ0v) is 20.7. The van der Waals surface area contributed by atoms with Crippen LogP contribution in [-0.4, -0.2) is 58.1 Å². The summed E-state index contributed by atoms with van der Waals surface area (Å²) in [4.78, 5) is 38.8. The second kappa shape index (κ2) is 10.7. The maximum absolute atomic E-state index is 13.9. The van der Waals surface area contributed by atoms with Crippen LogP contribution in [0.25, 0.3) is 11.2 Å². The van der Waals surface area contributed by atoms with E-state index in [0.29, 0.717) is 61.9 Å². The average molecular weight is 493 g/mol. The third-order valence-electron chi connectivity index (χ3n) is 7.60. The number of piperidine rings is 2. The van der Waals surface area contributed by atoms with E-state index >= 15 is 0 Å². The monoisotopic (exact) mass is 492 g/mol. The van der Waals surface area contributed by atoms with Crippen molar-refractivity contribution >= 4 is 22.9 Å². The van der Waals surface area contributed by atoms with Gasteiger partial charge in [-0.25, -0.2) is 14.4 Å². The van der Waals surface area contributed by atoms with Gasteiger partial charge < -0.3 is 10.2 Å². The summed E-state index contributed by atoms with van der Waals surface area (Å²) in [6, 6.07) is 10.6. The second-order valence-electron chi connectivity index (χ2n) is 9.96. The Labute approximate surface area is 210 Å². The Balaban J connectivity index is 1.08. The van der Waals surface area contributed by atoms with E-state index in [1.807, 2.05) is 29.2 Å². The van der Waals surface area contributed by atoms with Crippen LogP contribution in [0.1, 0.15) is 31.2 Å². The molecule has 8 nitrogen and oxygen atoms in total. The Morgan fingerprint density at radius 2 is 1.81 bits per heavy atom. The number of benzene rings is 1. The molecule has 0 radical (unpaired) electrons. The first-order chi connectivity index (χ1) is 17.5. The molecule has 9 heteroatoms. The van der Waals surface area contributed by atoms with Crippen LogP contribution in [0, 0.1) is 17.7 Å². The molecule has 2 saturated heterocycles. The third kappa shape index (κ3) is 5.26. The van der Waals surface area contributed by atoms with Gasteiger partial charge in [0.15, 0.2) is 11.5 Å². The first-order valence-corrected chi connectivity index (χ1v) is 12.8. The van der Waals surface area contributed by atoms with Crippen molar-refractivity contribution in [3.63, 3.8) is 0 Å². The maximum atomic E-state index is 13.9. The van der Waals surface area contributed by atoms with Gasteiger partial charge in [0.05, 0.1) is 0 Å². The van der Waals surface area contributed by atoms with E-state index in [-0.39, 0.29) is 23.2 Å². The van der Waals surface area contributed by atoms with Gasteiger partial charge in [0, 0.05) is 50.9 Å². The molecular formula is C27H33FN6O2. The largest absolute Gasteiger partial charge is 0.356 e. The number of fused-ring (bicyclic) bond motifs is 1. The number of carbonyl (C=O) groups is 1. The van der Waals surface area contributed by atoms with Gasteiger partial charge in [-0.15, -0.1) is 0 Å². The standard InChI is InChI=1S/C27H33FN6O2/c1-32-24-23(7-4-12-29-24)31-25(27(32)36)34-15-10-20(11-16-34)26(35)30-17-19-8-13-33(14-9-19)18-21-5-2-3-6-22(21)28/h2-7,12,19-20H,8-11,13-18H2,1H3,(H,30,35). The predicted octanol–water partition coefficient (Wildman–Crippen LogP) is 2.71. The quantitative estimate of drug-likeness (QED) is 0.570. The minimum absolute atomic E-state index is 0.0478. The Hall–Kier alpha value is -3.33. The average Bonchev–Trinajstić information content (AvgIpc) is 2.91. The van der Waals surface area contributed by atoms with Gasteiger partial charge in [-0.1, -0.05) is 18.2 Å². The fraction of sp³-hybridized carbons (Fsp3) is 0.481. The Morgan fingerprint density at radius 3 is 2.56 bits per heavy atom. The number of hydrogen-bond acceptors (Lipinski definition) is 6. The number of likely N-dealkylation sites (tertiary alicyclic amines) is 1. The number of nitrogens with one attached hydrogen (secondary N) is 1. The molecule has 2 aliphatic rings. The van der Waals surface area contributed by atoms with Gasteiger partial charge >= 0.3 is 0 Å². The molecule has 0 atom stereocenters. The summed E-state index contributed by atoms with van der Waals surface area (Å²) < 4.78 is 15.5. The smallest absolute Gasteiger partial charge is 0.294 e. The summed E-state index contributed by atoms with van der Waals surface area (Å²) >= 11 is 0. The molecule has 1 N–H and O–H groups in total. The van der Waals surface area contributed by atoms with Crippen LogP contribution >= 0.6 is 0 Å². The minimum atomic E-state index is -0.162. The molecule has 0 aliphatic carbocycles. The Kier molecular flexibility index (Phi) is 7.27. The summed E-state index contributed by atoms with van der Waals surface area (Å²) in [5.41, 5.74) is 1.84. The number of anilines is 1. The fourth-order valence-corrected chi connectivity index (χ4v) is 5.31. The van der Waals surface area contributed by atoms with E-state index in [1.54, 1.807) is 19.3 Å². The van der Waals surface area contributed by atoms with Gasteiger partial charge in [-0.2, -0.15) is 0 Å². The van der Waals surface area contributed by atoms with E-state index in [0.717, 1.165) is 31.5 Å². The predicted molar refractivity (Wildman–Crippen MR) is 137 cm³/mol. The van der Waals surface area contributed by atoms with Crippen molar-refractivity contribution in [3.05, 3.63) is 64.3 Å². The molecule has 2 aliphatic heterocycles. The number of pyridine rings is 1. The summed E-state index contributed by atoms with van der Waals surface area (Å²) in [6.45, 7) is 4.40. The van der Waals surface area contributed by atoms with Crippen molar-refractivity contribution in [2.75, 3.05) is 37.6 Å². The van der Waals surface area contributed by atoms with E-state index in [1.165, 1.54) is 10.6 Å². The molecule has 2 aromatic heterocycles. The Morgan fingerprint density at radius 1 is 1.06 bits per heavy atom. The third-order valence-corrected chi connectivity index (χ3v) is 7.60. The van der Waals surface area contributed by atoms with Crippen molar-refractivity contribution < 1.29 is 9.18 Å². The number of halogens is 1. The first-order valence-electron chi connectivity index (χ1n) is 12.8. The van der Waals surface area contributed by atoms with Gasteiger partial charge in [0.1, 0.15) is 11.3 Å². The number of carbonyl (C=O) groups excluding carboxylic acids is 1. The number of aryl methyl sites for hydroxylation is 1. The number of hydrogen-bond donors (Lipinski definition) is 1. The second-order valence-corrected chi connectivity index (χ2v) is 9.96. The summed E-state index contributed by atoms with van der Waals surface area (Å²) in [5.74, 6) is 0.787. The highest BCUT2D eigenvalue weighted by molar-refractivity contribution is 5.79. The highest BCUT2D eigenvalue weighted by Crippen LogP contribution is 2.23. The summed E-state index contributed by atoms with van der Waals surface area (Å²) in [5, 5.41) is 3.17. The molecule has 0 unspecified atom stereocenters. The van der Waals surface area contributed by atoms with Crippen molar-refractivity contribution in [1.29, 1.82) is 0 Å². The van der Waals surface area contributed by atoms with Crippen LogP contribution in [0.2, 0.25) is 0 Å². The molecule has 2 fully saturated rings. The number of aromatic nitrogens is 3. The fourth-order valence-electron chi connectivity index (χ4n) is 5.31. The summed E-state index contributed by atoms with van der Waals surface area (Å²) in [7, 11) is 1.72. The topological polar surface area (TPSA) is 83.4 Å². The van der Waals surface area contributed by atoms with Crippen LogP contribution < -0.4 is 15.8 Å². The van der Waals surface area contributed by atoms with E-state index in [2.05, 4.69) is 20.2 Å². The zero-order valence-electron chi connectivity index (χ0n) is 20.7. The lowest BCUT2D eigenvalue weighted by atomic mass is 9.94. The van der Waals surface area contributed by atoms with Gasteiger partial charge in [-0.3, -0.25) is 19.1 Å². The molecule has 5 rings (SSSR count). The van der Waals surface area contributed by atoms with Crippen LogP contribution in [0.5, 0.6) is 0 Å². The summed E-state index contributed by atoms with van der Waals surface area (Å²) in [6.07, 6.45) is 5.05. The molecule has 0 saturated carbocycles. The van der Waals surface area contributed by atoms with Crippen molar-refractivity contribution in [3.8, 4) is 0 Å². The normalized spacial score (nSPS) is 18.0. The van der Waals surface area contributed by atoms with E-state index < -0.39 is 0 Å². The van der Waals surface area contributed by atoms with Crippen molar-refractivity contribution in [2.24, 2.45) is 18.9 Å². The lowest BCUT2D eigenvalue weighted by molar-refractivity contribution is -0.125. The van der Waals surface area contributed by atoms with Crippen LogP contribution in [0.3, 0.4) is 0 Å². The molecule has 0 bridgehead atoms. The number of amides is 1. The van der Waals surface area contributed by atoms with Gasteiger partial charge in [0.2, 0.25) is 5.91 Å². The highest BCUT2D eigenvalue weighted by Gasteiger charge is 2.28. The lowest BCUT2D eigenvalue weighted by Gasteiger charge is -2.34. The molecule has 3 aromatic rings. The van der Waals surface area contributed by atoms with Crippen LogP contribution in [0.15, 0.2) is 47.4 Å². The zero-order chi connectivity index (χ0) is 25.1. The van der Waals surface area contributed by atoms with Crippen LogP contribution in [0.4, 0.5) is 10.2 Å². The number of rotatable bonds is 6. The molecule has 4 heterocycles. The SMILES string of the molecule is Cn1c(=O)c(N2CCC(C(=O)NCC3CCN(Cc4ccccc4F)CC3)CC2)nc2cccnc21. The van der Waals surface area contributed by atoms with Crippen molar-refractivity contribution in [2.45, 2.75) is 32.2 Å². The molecule has 1 amide bonds. The molecule has 190 valence electrons. The minimum Gasteiger partial charge on any atom is -0.356 e. The number of nitrogens with zero attached hydrogens (tertiary/aromatic N) is 5. The van der Waals surface area contributed by atoms with E-state index in [4.69, 9.17) is 0 Å². The molecule has 1 aromatic carbocycles. The Bertz CT molecular complexity index is 1280. The van der Waals surface area contributed by atoms with Crippen LogP contribution in [-0.2, 0) is 18.4 Å². The maximum Gasteiger partial charge on any atom is 0.294 e. The van der Waals surface area contributed by atoms with Crippen molar-refractivity contribution in [1.82, 2.24) is 24.8 Å². The lowest BCUT2D eigenvalue weighted by Crippen LogP contribution is -2.44. The molecule has 36 heavy (non-hydrogen) atoms. The molecular weight excluding hydrogens is 459 g/mol. The first kappa shape index (κ1) is 24.4. The van der Waals surface area contributed by atoms with Gasteiger partial charge in [0.25, 0.3) is 5.56 Å².